The molecule has 0 aliphatic carbocycles. The summed E-state index contributed by atoms with van der Waals surface area (Å²) < 4.78 is 16.3. The van der Waals surface area contributed by atoms with Crippen LogP contribution in [0.15, 0.2) is 18.2 Å². The minimum Gasteiger partial charge on any atom is -0.496 e. The molecular weight excluding hydrogens is 230 g/mol. The number of methoxy groups -OCH3 is 2. The van der Waals surface area contributed by atoms with Crippen LogP contribution in [-0.2, 0) is 0 Å². The summed E-state index contributed by atoms with van der Waals surface area (Å²) >= 11 is 0. The Kier molecular flexibility index (Phi) is 4.70. The van der Waals surface area contributed by atoms with Crippen molar-refractivity contribution in [2.75, 3.05) is 33.9 Å². The summed E-state index contributed by atoms with van der Waals surface area (Å²) in [5, 5.41) is 3.35. The molecule has 0 radical (unpaired) electrons. The number of hydrogen-bond donors (Lipinski definition) is 1. The van der Waals surface area contributed by atoms with Gasteiger partial charge in [0.2, 0.25) is 0 Å². The molecule has 0 saturated carbocycles. The molecule has 0 unspecified atom stereocenters. The van der Waals surface area contributed by atoms with Gasteiger partial charge < -0.3 is 19.5 Å². The lowest BCUT2D eigenvalue weighted by molar-refractivity contribution is 0.214. The van der Waals surface area contributed by atoms with Gasteiger partial charge in [0, 0.05) is 18.2 Å². The van der Waals surface area contributed by atoms with Crippen LogP contribution >= 0.6 is 0 Å². The normalized spacial score (nSPS) is 16.3. The van der Waals surface area contributed by atoms with Crippen LogP contribution in [0, 0.1) is 5.92 Å². The number of nitrogens with one attached hydrogen (secondary N) is 1. The maximum Gasteiger partial charge on any atom is 0.126 e. The summed E-state index contributed by atoms with van der Waals surface area (Å²) in [6.07, 6.45) is 2.36. The predicted octanol–water partition coefficient (Wildman–Crippen LogP) is 2.08. The lowest BCUT2D eigenvalue weighted by Gasteiger charge is -2.22. The van der Waals surface area contributed by atoms with Gasteiger partial charge >= 0.3 is 0 Å². The van der Waals surface area contributed by atoms with Gasteiger partial charge in [-0.1, -0.05) is 0 Å². The van der Waals surface area contributed by atoms with Crippen LogP contribution in [0.1, 0.15) is 12.8 Å². The Morgan fingerprint density at radius 3 is 2.11 bits per heavy atom. The number of rotatable bonds is 5. The highest BCUT2D eigenvalue weighted by atomic mass is 16.5. The fourth-order valence-corrected chi connectivity index (χ4v) is 2.13. The zero-order valence-electron chi connectivity index (χ0n) is 11.1. The molecule has 0 bridgehead atoms. The molecule has 1 aromatic rings. The SMILES string of the molecule is COc1cc(OC)cc(OCC2CCNCC2)c1. The smallest absolute Gasteiger partial charge is 0.126 e. The predicted molar refractivity (Wildman–Crippen MR) is 70.6 cm³/mol. The van der Waals surface area contributed by atoms with Crippen LogP contribution in [0.4, 0.5) is 0 Å². The second-order valence-corrected chi connectivity index (χ2v) is 4.55. The molecule has 1 fully saturated rings. The van der Waals surface area contributed by atoms with Gasteiger partial charge in [0.1, 0.15) is 17.2 Å². The van der Waals surface area contributed by atoms with Crippen molar-refractivity contribution in [3.63, 3.8) is 0 Å². The van der Waals surface area contributed by atoms with E-state index < -0.39 is 0 Å². The quantitative estimate of drug-likeness (QED) is 0.869. The van der Waals surface area contributed by atoms with E-state index >= 15 is 0 Å². The van der Waals surface area contributed by atoms with Gasteiger partial charge in [0.15, 0.2) is 0 Å². The highest BCUT2D eigenvalue weighted by Crippen LogP contribution is 2.28. The Bertz CT molecular complexity index is 353. The van der Waals surface area contributed by atoms with E-state index in [1.54, 1.807) is 14.2 Å². The van der Waals surface area contributed by atoms with Crippen molar-refractivity contribution in [3.8, 4) is 17.2 Å². The van der Waals surface area contributed by atoms with Crippen molar-refractivity contribution >= 4 is 0 Å². The van der Waals surface area contributed by atoms with Gasteiger partial charge in [0.05, 0.1) is 20.8 Å². The zero-order chi connectivity index (χ0) is 12.8. The van der Waals surface area contributed by atoms with E-state index in [9.17, 15) is 0 Å². The summed E-state index contributed by atoms with van der Waals surface area (Å²) in [7, 11) is 3.29. The van der Waals surface area contributed by atoms with Crippen LogP contribution in [0.5, 0.6) is 17.2 Å². The maximum absolute atomic E-state index is 5.84. The van der Waals surface area contributed by atoms with Gasteiger partial charge in [-0.05, 0) is 31.8 Å². The first-order valence-corrected chi connectivity index (χ1v) is 6.38. The maximum atomic E-state index is 5.84. The molecule has 100 valence electrons. The minimum atomic E-state index is 0.642. The van der Waals surface area contributed by atoms with E-state index in [2.05, 4.69) is 5.32 Å². The number of ether oxygens (including phenoxy) is 3. The molecule has 0 aromatic heterocycles. The van der Waals surface area contributed by atoms with Gasteiger partial charge in [-0.15, -0.1) is 0 Å². The topological polar surface area (TPSA) is 39.7 Å². The van der Waals surface area contributed by atoms with Crippen molar-refractivity contribution in [1.82, 2.24) is 5.32 Å². The molecule has 1 heterocycles. The average molecular weight is 251 g/mol. The van der Waals surface area contributed by atoms with Crippen molar-refractivity contribution in [1.29, 1.82) is 0 Å². The molecule has 1 aromatic carbocycles. The third-order valence-corrected chi connectivity index (χ3v) is 3.27. The Morgan fingerprint density at radius 1 is 1.00 bits per heavy atom. The van der Waals surface area contributed by atoms with E-state index in [0.29, 0.717) is 5.92 Å². The van der Waals surface area contributed by atoms with Crippen LogP contribution in [0.25, 0.3) is 0 Å². The van der Waals surface area contributed by atoms with Gasteiger partial charge in [-0.3, -0.25) is 0 Å². The second-order valence-electron chi connectivity index (χ2n) is 4.55. The Morgan fingerprint density at radius 2 is 1.56 bits per heavy atom. The molecule has 2 rings (SSSR count). The van der Waals surface area contributed by atoms with Crippen LogP contribution in [0.2, 0.25) is 0 Å². The van der Waals surface area contributed by atoms with Crippen molar-refractivity contribution in [3.05, 3.63) is 18.2 Å². The van der Waals surface area contributed by atoms with E-state index in [4.69, 9.17) is 14.2 Å². The van der Waals surface area contributed by atoms with E-state index in [1.807, 2.05) is 18.2 Å². The van der Waals surface area contributed by atoms with Crippen molar-refractivity contribution in [2.24, 2.45) is 5.92 Å². The first-order chi connectivity index (χ1) is 8.81. The summed E-state index contributed by atoms with van der Waals surface area (Å²) in [4.78, 5) is 0. The highest BCUT2D eigenvalue weighted by molar-refractivity contribution is 5.41. The molecule has 0 atom stereocenters. The monoisotopic (exact) mass is 251 g/mol. The third kappa shape index (κ3) is 3.53. The van der Waals surface area contributed by atoms with E-state index in [-0.39, 0.29) is 0 Å². The summed E-state index contributed by atoms with van der Waals surface area (Å²) in [6.45, 7) is 2.95. The van der Waals surface area contributed by atoms with E-state index in [0.717, 1.165) is 36.9 Å². The molecule has 4 nitrogen and oxygen atoms in total. The highest BCUT2D eigenvalue weighted by Gasteiger charge is 2.14. The zero-order valence-corrected chi connectivity index (χ0v) is 11.1. The van der Waals surface area contributed by atoms with Gasteiger partial charge in [-0.25, -0.2) is 0 Å². The summed E-state index contributed by atoms with van der Waals surface area (Å²) in [5.74, 6) is 2.97. The van der Waals surface area contributed by atoms with E-state index in [1.165, 1.54) is 12.8 Å². The molecule has 1 aliphatic rings. The molecular formula is C14H21NO3. The van der Waals surface area contributed by atoms with Gasteiger partial charge in [-0.2, -0.15) is 0 Å². The largest absolute Gasteiger partial charge is 0.496 e. The van der Waals surface area contributed by atoms with Crippen LogP contribution < -0.4 is 19.5 Å². The van der Waals surface area contributed by atoms with Gasteiger partial charge in [0.25, 0.3) is 0 Å². The number of benzene rings is 1. The number of hydrogen-bond acceptors (Lipinski definition) is 4. The summed E-state index contributed by atoms with van der Waals surface area (Å²) in [5.41, 5.74) is 0. The molecule has 0 spiro atoms. The molecule has 1 saturated heterocycles. The first-order valence-electron chi connectivity index (χ1n) is 6.38. The molecule has 1 aliphatic heterocycles. The lowest BCUT2D eigenvalue weighted by Crippen LogP contribution is -2.30. The lowest BCUT2D eigenvalue weighted by atomic mass is 9.99. The molecule has 0 amide bonds. The minimum absolute atomic E-state index is 0.642. The van der Waals surface area contributed by atoms with Crippen molar-refractivity contribution in [2.45, 2.75) is 12.8 Å². The first kappa shape index (κ1) is 13.0. The second kappa shape index (κ2) is 6.50. The fraction of sp³-hybridized carbons (Fsp3) is 0.571. The van der Waals surface area contributed by atoms with Crippen LogP contribution in [0.3, 0.4) is 0 Å². The summed E-state index contributed by atoms with van der Waals surface area (Å²) in [6, 6.07) is 5.63. The Labute approximate surface area is 108 Å². The molecule has 4 heteroatoms. The molecule has 18 heavy (non-hydrogen) atoms. The fourth-order valence-electron chi connectivity index (χ4n) is 2.13. The third-order valence-electron chi connectivity index (χ3n) is 3.27. The van der Waals surface area contributed by atoms with Crippen LogP contribution in [-0.4, -0.2) is 33.9 Å². The van der Waals surface area contributed by atoms with Crippen molar-refractivity contribution < 1.29 is 14.2 Å². The number of piperidine rings is 1. The Hall–Kier alpha value is -1.42. The Balaban J connectivity index is 1.94. The molecule has 1 N–H and O–H groups in total. The standard InChI is InChI=1S/C14H21NO3/c1-16-12-7-13(17-2)9-14(8-12)18-10-11-3-5-15-6-4-11/h7-9,11,15H,3-6,10H2,1-2H3. The average Bonchev–Trinajstić information content (AvgIpc) is 2.45.